The number of aromatic carboxylic acids is 1. The van der Waals surface area contributed by atoms with Gasteiger partial charge in [0.2, 0.25) is 0 Å². The summed E-state index contributed by atoms with van der Waals surface area (Å²) in [6.07, 6.45) is 0. The molecule has 1 heterocycles. The summed E-state index contributed by atoms with van der Waals surface area (Å²) in [7, 11) is 1.29. The van der Waals surface area contributed by atoms with Gasteiger partial charge in [-0.05, 0) is 18.2 Å². The van der Waals surface area contributed by atoms with Crippen molar-refractivity contribution >= 4 is 35.0 Å². The van der Waals surface area contributed by atoms with Crippen LogP contribution in [-0.2, 0) is 0 Å². The molecular weight excluding hydrogens is 332 g/mol. The first-order chi connectivity index (χ1) is 10.8. The van der Waals surface area contributed by atoms with Crippen molar-refractivity contribution in [1.29, 1.82) is 0 Å². The Hall–Kier alpha value is -3.07. The molecular formula is C13H9ClN2O7. The summed E-state index contributed by atoms with van der Waals surface area (Å²) >= 11 is 5.90. The number of nitro groups is 1. The second-order valence-corrected chi connectivity index (χ2v) is 4.60. The molecule has 0 radical (unpaired) electrons. The van der Waals surface area contributed by atoms with Crippen molar-refractivity contribution in [2.24, 2.45) is 0 Å². The van der Waals surface area contributed by atoms with E-state index in [9.17, 15) is 19.7 Å². The molecule has 10 heteroatoms. The number of hydrogen-bond acceptors (Lipinski definition) is 6. The number of nitrogens with zero attached hydrogens (tertiary/aromatic N) is 1. The zero-order chi connectivity index (χ0) is 17.1. The number of halogens is 1. The van der Waals surface area contributed by atoms with Crippen LogP contribution >= 0.6 is 11.6 Å². The molecule has 1 aromatic heterocycles. The Morgan fingerprint density at radius 2 is 2.09 bits per heavy atom. The van der Waals surface area contributed by atoms with Crippen molar-refractivity contribution in [3.05, 3.63) is 50.7 Å². The number of methoxy groups -OCH3 is 1. The molecule has 0 aliphatic heterocycles. The quantitative estimate of drug-likeness (QED) is 0.631. The van der Waals surface area contributed by atoms with Crippen LogP contribution in [0.3, 0.4) is 0 Å². The molecule has 0 spiro atoms. The monoisotopic (exact) mass is 340 g/mol. The van der Waals surface area contributed by atoms with Gasteiger partial charge < -0.3 is 19.6 Å². The van der Waals surface area contributed by atoms with Crippen LogP contribution in [0.5, 0.6) is 5.75 Å². The number of carbonyl (C=O) groups is 2. The molecule has 2 N–H and O–H groups in total. The molecule has 9 nitrogen and oxygen atoms in total. The molecule has 0 saturated carbocycles. The summed E-state index contributed by atoms with van der Waals surface area (Å²) in [5.41, 5.74) is -0.182. The molecule has 0 bridgehead atoms. The number of ether oxygens (including phenoxy) is 1. The lowest BCUT2D eigenvalue weighted by molar-refractivity contribution is -0.402. The van der Waals surface area contributed by atoms with Crippen LogP contribution in [0.1, 0.15) is 20.9 Å². The highest BCUT2D eigenvalue weighted by Gasteiger charge is 2.20. The number of hydrogen-bond donors (Lipinski definition) is 2. The van der Waals surface area contributed by atoms with E-state index in [-0.39, 0.29) is 27.8 Å². The lowest BCUT2D eigenvalue weighted by atomic mass is 10.2. The number of carbonyl (C=O) groups excluding carboxylic acids is 1. The minimum Gasteiger partial charge on any atom is -0.493 e. The molecule has 0 aliphatic carbocycles. The van der Waals surface area contributed by atoms with Gasteiger partial charge >= 0.3 is 11.9 Å². The summed E-state index contributed by atoms with van der Waals surface area (Å²) in [6.45, 7) is 0. The lowest BCUT2D eigenvalue weighted by Crippen LogP contribution is -2.13. The maximum absolute atomic E-state index is 12.0. The van der Waals surface area contributed by atoms with E-state index in [2.05, 4.69) is 5.32 Å². The average Bonchev–Trinajstić information content (AvgIpc) is 2.97. The van der Waals surface area contributed by atoms with E-state index >= 15 is 0 Å². The lowest BCUT2D eigenvalue weighted by Gasteiger charge is -2.12. The molecule has 0 fully saturated rings. The molecule has 23 heavy (non-hydrogen) atoms. The van der Waals surface area contributed by atoms with Crippen LogP contribution in [0, 0.1) is 10.1 Å². The maximum Gasteiger partial charge on any atom is 0.433 e. The van der Waals surface area contributed by atoms with Crippen LogP contribution in [-0.4, -0.2) is 29.0 Å². The van der Waals surface area contributed by atoms with Crippen molar-refractivity contribution in [3.63, 3.8) is 0 Å². The first kappa shape index (κ1) is 16.3. The normalized spacial score (nSPS) is 10.2. The third kappa shape index (κ3) is 3.40. The zero-order valence-electron chi connectivity index (χ0n) is 11.5. The fourth-order valence-electron chi connectivity index (χ4n) is 1.75. The Morgan fingerprint density at radius 1 is 1.39 bits per heavy atom. The van der Waals surface area contributed by atoms with E-state index < -0.39 is 22.7 Å². The van der Waals surface area contributed by atoms with Gasteiger partial charge in [-0.1, -0.05) is 11.6 Å². The number of benzene rings is 1. The molecule has 0 aliphatic rings. The van der Waals surface area contributed by atoms with Crippen molar-refractivity contribution in [1.82, 2.24) is 0 Å². The average molecular weight is 341 g/mol. The van der Waals surface area contributed by atoms with Gasteiger partial charge in [0.25, 0.3) is 5.91 Å². The number of amides is 1. The van der Waals surface area contributed by atoms with Gasteiger partial charge in [0.1, 0.15) is 4.92 Å². The first-order valence-corrected chi connectivity index (χ1v) is 6.37. The molecule has 0 saturated heterocycles. The second kappa shape index (κ2) is 6.36. The first-order valence-electron chi connectivity index (χ1n) is 6.00. The number of nitrogens with one attached hydrogen (secondary N) is 1. The Balaban J connectivity index is 2.35. The Morgan fingerprint density at radius 3 is 2.61 bits per heavy atom. The Labute approximate surface area is 133 Å². The van der Waals surface area contributed by atoms with E-state index in [0.717, 1.165) is 24.3 Å². The molecule has 0 unspecified atom stereocenters. The summed E-state index contributed by atoms with van der Waals surface area (Å²) in [6, 6.07) is 4.44. The Bertz CT molecular complexity index is 800. The van der Waals surface area contributed by atoms with Crippen LogP contribution in [0.2, 0.25) is 5.02 Å². The standard InChI is InChI=1S/C13H9ClN2O7/c1-22-11-7(14)4-6(13(18)19)5-8(11)15-12(17)9-2-3-10(23-9)16(20)21/h2-5H,1H3,(H,15,17)(H,18,19). The highest BCUT2D eigenvalue weighted by atomic mass is 35.5. The number of anilines is 1. The minimum atomic E-state index is -1.25. The van der Waals surface area contributed by atoms with Crippen molar-refractivity contribution in [2.75, 3.05) is 12.4 Å². The zero-order valence-corrected chi connectivity index (χ0v) is 12.3. The molecule has 2 aromatic rings. The van der Waals surface area contributed by atoms with Gasteiger partial charge in [-0.15, -0.1) is 0 Å². The maximum atomic E-state index is 12.0. The largest absolute Gasteiger partial charge is 0.493 e. The van der Waals surface area contributed by atoms with Gasteiger partial charge in [0, 0.05) is 0 Å². The highest BCUT2D eigenvalue weighted by Crippen LogP contribution is 2.34. The van der Waals surface area contributed by atoms with Gasteiger partial charge in [-0.25, -0.2) is 4.79 Å². The number of furan rings is 1. The van der Waals surface area contributed by atoms with Crippen molar-refractivity contribution in [2.45, 2.75) is 0 Å². The van der Waals surface area contributed by atoms with E-state index in [0.29, 0.717) is 0 Å². The van der Waals surface area contributed by atoms with Crippen molar-refractivity contribution < 1.29 is 28.8 Å². The fourth-order valence-corrected chi connectivity index (χ4v) is 2.05. The predicted octanol–water partition coefficient (Wildman–Crippen LogP) is 2.80. The highest BCUT2D eigenvalue weighted by molar-refractivity contribution is 6.33. The summed E-state index contributed by atoms with van der Waals surface area (Å²) in [5, 5.41) is 21.9. The van der Waals surface area contributed by atoms with Crippen LogP contribution < -0.4 is 10.1 Å². The second-order valence-electron chi connectivity index (χ2n) is 4.19. The smallest absolute Gasteiger partial charge is 0.433 e. The molecule has 1 aromatic carbocycles. The third-order valence-electron chi connectivity index (χ3n) is 2.74. The Kier molecular flexibility index (Phi) is 4.51. The van der Waals surface area contributed by atoms with Gasteiger partial charge in [0.15, 0.2) is 11.5 Å². The minimum absolute atomic E-state index is 0.0125. The van der Waals surface area contributed by atoms with Gasteiger partial charge in [-0.2, -0.15) is 0 Å². The van der Waals surface area contributed by atoms with Crippen LogP contribution in [0.15, 0.2) is 28.7 Å². The summed E-state index contributed by atoms with van der Waals surface area (Å²) in [5.74, 6) is -2.95. The number of carboxylic acid groups (broad SMARTS) is 1. The fraction of sp³-hybridized carbons (Fsp3) is 0.0769. The van der Waals surface area contributed by atoms with Gasteiger partial charge in [0.05, 0.1) is 29.4 Å². The topological polar surface area (TPSA) is 132 Å². The molecule has 2 rings (SSSR count). The van der Waals surface area contributed by atoms with Crippen molar-refractivity contribution in [3.8, 4) is 5.75 Å². The van der Waals surface area contributed by atoms with E-state index in [1.165, 1.54) is 7.11 Å². The molecule has 1 amide bonds. The van der Waals surface area contributed by atoms with E-state index in [1.54, 1.807) is 0 Å². The van der Waals surface area contributed by atoms with E-state index in [4.69, 9.17) is 25.9 Å². The van der Waals surface area contributed by atoms with Crippen LogP contribution in [0.4, 0.5) is 11.6 Å². The van der Waals surface area contributed by atoms with Crippen LogP contribution in [0.25, 0.3) is 0 Å². The number of rotatable bonds is 5. The predicted molar refractivity (Wildman–Crippen MR) is 78.3 cm³/mol. The summed E-state index contributed by atoms with van der Waals surface area (Å²) in [4.78, 5) is 32.8. The third-order valence-corrected chi connectivity index (χ3v) is 3.02. The molecule has 120 valence electrons. The SMILES string of the molecule is COc1c(Cl)cc(C(=O)O)cc1NC(=O)c1ccc([N+](=O)[O-])o1. The summed E-state index contributed by atoms with van der Waals surface area (Å²) < 4.78 is 9.77. The van der Waals surface area contributed by atoms with Gasteiger partial charge in [-0.3, -0.25) is 14.9 Å². The van der Waals surface area contributed by atoms with E-state index in [1.807, 2.05) is 0 Å². The molecule has 0 atom stereocenters. The number of carboxylic acids is 1.